The molecule has 0 bridgehead atoms. The molecule has 3 nitrogen and oxygen atoms in total. The summed E-state index contributed by atoms with van der Waals surface area (Å²) in [6, 6.07) is 8.09. The lowest BCUT2D eigenvalue weighted by atomic mass is 9.81. The normalized spacial score (nSPS) is 22.4. The summed E-state index contributed by atoms with van der Waals surface area (Å²) in [7, 11) is 0. The summed E-state index contributed by atoms with van der Waals surface area (Å²) in [5, 5.41) is 0. The molecule has 0 unspecified atom stereocenters. The van der Waals surface area contributed by atoms with Crippen molar-refractivity contribution in [2.24, 2.45) is 5.73 Å². The number of hydrogen-bond donors (Lipinski definition) is 1. The van der Waals surface area contributed by atoms with Gasteiger partial charge in [-0.25, -0.2) is 4.79 Å². The number of ether oxygens (including phenoxy) is 1. The lowest BCUT2D eigenvalue weighted by Crippen LogP contribution is -2.26. The van der Waals surface area contributed by atoms with E-state index in [4.69, 9.17) is 10.5 Å². The summed E-state index contributed by atoms with van der Waals surface area (Å²) in [6.45, 7) is 2.24. The van der Waals surface area contributed by atoms with Gasteiger partial charge in [0.2, 0.25) is 0 Å². The minimum absolute atomic E-state index is 0. The largest absolute Gasteiger partial charge is 0.462 e. The van der Waals surface area contributed by atoms with Crippen LogP contribution in [-0.2, 0) is 4.74 Å². The van der Waals surface area contributed by atoms with Gasteiger partial charge in [-0.1, -0.05) is 18.6 Å². The monoisotopic (exact) mass is 283 g/mol. The van der Waals surface area contributed by atoms with Crippen LogP contribution < -0.4 is 5.73 Å². The maximum Gasteiger partial charge on any atom is 0.338 e. The second kappa shape index (κ2) is 7.51. The molecule has 1 aromatic rings. The Labute approximate surface area is 120 Å². The van der Waals surface area contributed by atoms with Gasteiger partial charge >= 0.3 is 5.97 Å². The van der Waals surface area contributed by atoms with Crippen LogP contribution in [0.4, 0.5) is 0 Å². The summed E-state index contributed by atoms with van der Waals surface area (Å²) in [4.78, 5) is 11.7. The molecular formula is C15H22ClNO2. The lowest BCUT2D eigenvalue weighted by molar-refractivity contribution is 0.0526. The molecule has 0 aliphatic heterocycles. The zero-order chi connectivity index (χ0) is 13.0. The second-order valence-corrected chi connectivity index (χ2v) is 4.97. The van der Waals surface area contributed by atoms with Crippen LogP contribution in [0.3, 0.4) is 0 Å². The zero-order valence-electron chi connectivity index (χ0n) is 11.3. The summed E-state index contributed by atoms with van der Waals surface area (Å²) >= 11 is 0. The number of esters is 1. The van der Waals surface area contributed by atoms with Gasteiger partial charge < -0.3 is 10.5 Å². The molecular weight excluding hydrogens is 262 g/mol. The molecule has 2 atom stereocenters. The van der Waals surface area contributed by atoms with Crippen LogP contribution in [0.2, 0.25) is 0 Å². The van der Waals surface area contributed by atoms with Crippen molar-refractivity contribution < 1.29 is 9.53 Å². The van der Waals surface area contributed by atoms with E-state index < -0.39 is 0 Å². The van der Waals surface area contributed by atoms with E-state index in [9.17, 15) is 4.79 Å². The minimum atomic E-state index is -0.237. The van der Waals surface area contributed by atoms with Gasteiger partial charge in [-0.15, -0.1) is 12.4 Å². The highest BCUT2D eigenvalue weighted by atomic mass is 35.5. The van der Waals surface area contributed by atoms with Gasteiger partial charge in [0.1, 0.15) is 0 Å². The SMILES string of the molecule is CCOC(=O)c1cccc([C@@H]2CCC[C@H](N)C2)c1.Cl. The van der Waals surface area contributed by atoms with Crippen LogP contribution in [0.5, 0.6) is 0 Å². The quantitative estimate of drug-likeness (QED) is 0.866. The molecule has 1 aromatic carbocycles. The summed E-state index contributed by atoms with van der Waals surface area (Å²) in [5.74, 6) is 0.252. The van der Waals surface area contributed by atoms with E-state index in [1.807, 2.05) is 25.1 Å². The van der Waals surface area contributed by atoms with Crippen LogP contribution in [0.1, 0.15) is 54.4 Å². The maximum atomic E-state index is 11.7. The smallest absolute Gasteiger partial charge is 0.338 e. The van der Waals surface area contributed by atoms with Crippen molar-refractivity contribution in [2.75, 3.05) is 6.61 Å². The van der Waals surface area contributed by atoms with Crippen molar-refractivity contribution in [3.63, 3.8) is 0 Å². The lowest BCUT2D eigenvalue weighted by Gasteiger charge is -2.27. The van der Waals surface area contributed by atoms with Gasteiger partial charge in [-0.2, -0.15) is 0 Å². The number of nitrogens with two attached hydrogens (primary N) is 1. The fourth-order valence-electron chi connectivity index (χ4n) is 2.66. The van der Waals surface area contributed by atoms with Crippen LogP contribution in [0.25, 0.3) is 0 Å². The Morgan fingerprint density at radius 3 is 2.89 bits per heavy atom. The highest BCUT2D eigenvalue weighted by molar-refractivity contribution is 5.89. The second-order valence-electron chi connectivity index (χ2n) is 4.97. The summed E-state index contributed by atoms with van der Waals surface area (Å²) in [5.41, 5.74) is 7.88. The number of benzene rings is 1. The Bertz CT molecular complexity index is 422. The van der Waals surface area contributed by atoms with Crippen molar-refractivity contribution in [2.45, 2.75) is 44.6 Å². The summed E-state index contributed by atoms with van der Waals surface area (Å²) in [6.07, 6.45) is 4.48. The molecule has 1 aliphatic rings. The van der Waals surface area contributed by atoms with E-state index in [1.54, 1.807) is 0 Å². The molecule has 0 heterocycles. The van der Waals surface area contributed by atoms with E-state index in [0.717, 1.165) is 12.8 Å². The number of halogens is 1. The van der Waals surface area contributed by atoms with E-state index >= 15 is 0 Å². The fourth-order valence-corrected chi connectivity index (χ4v) is 2.66. The molecule has 0 radical (unpaired) electrons. The first-order valence-corrected chi connectivity index (χ1v) is 6.73. The molecule has 0 spiro atoms. The average Bonchev–Trinajstić information content (AvgIpc) is 2.39. The molecule has 2 N–H and O–H groups in total. The minimum Gasteiger partial charge on any atom is -0.462 e. The predicted molar refractivity (Wildman–Crippen MR) is 78.8 cm³/mol. The van der Waals surface area contributed by atoms with E-state index in [-0.39, 0.29) is 18.4 Å². The van der Waals surface area contributed by atoms with Crippen molar-refractivity contribution in [1.82, 2.24) is 0 Å². The van der Waals surface area contributed by atoms with E-state index in [1.165, 1.54) is 18.4 Å². The predicted octanol–water partition coefficient (Wildman–Crippen LogP) is 3.27. The Hall–Kier alpha value is -1.06. The standard InChI is InChI=1S/C15H21NO2.ClH/c1-2-18-15(17)13-7-3-5-11(9-13)12-6-4-8-14(16)10-12;/h3,5,7,9,12,14H,2,4,6,8,10,16H2,1H3;1H/t12-,14+;/m1./s1. The number of carbonyl (C=O) groups excluding carboxylic acids is 1. The fraction of sp³-hybridized carbons (Fsp3) is 0.533. The van der Waals surface area contributed by atoms with Crippen molar-refractivity contribution in [3.8, 4) is 0 Å². The molecule has 1 saturated carbocycles. The van der Waals surface area contributed by atoms with Gasteiger partial charge in [-0.3, -0.25) is 0 Å². The third-order valence-corrected chi connectivity index (χ3v) is 3.58. The van der Waals surface area contributed by atoms with E-state index in [0.29, 0.717) is 24.1 Å². The Morgan fingerprint density at radius 1 is 1.42 bits per heavy atom. The van der Waals surface area contributed by atoms with Gasteiger partial charge in [0, 0.05) is 6.04 Å². The van der Waals surface area contributed by atoms with Crippen LogP contribution in [-0.4, -0.2) is 18.6 Å². The molecule has 0 amide bonds. The molecule has 1 fully saturated rings. The van der Waals surface area contributed by atoms with Gasteiger partial charge in [0.15, 0.2) is 0 Å². The molecule has 1 aliphatic carbocycles. The van der Waals surface area contributed by atoms with Crippen LogP contribution in [0, 0.1) is 0 Å². The molecule has 19 heavy (non-hydrogen) atoms. The van der Waals surface area contributed by atoms with Gasteiger partial charge in [-0.05, 0) is 49.8 Å². The Balaban J connectivity index is 0.00000180. The highest BCUT2D eigenvalue weighted by Crippen LogP contribution is 2.32. The highest BCUT2D eigenvalue weighted by Gasteiger charge is 2.21. The zero-order valence-corrected chi connectivity index (χ0v) is 12.1. The number of hydrogen-bond acceptors (Lipinski definition) is 3. The summed E-state index contributed by atoms with van der Waals surface area (Å²) < 4.78 is 5.03. The van der Waals surface area contributed by atoms with Crippen molar-refractivity contribution in [1.29, 1.82) is 0 Å². The van der Waals surface area contributed by atoms with Crippen molar-refractivity contribution in [3.05, 3.63) is 35.4 Å². The Kier molecular flexibility index (Phi) is 6.32. The third-order valence-electron chi connectivity index (χ3n) is 3.58. The van der Waals surface area contributed by atoms with Crippen molar-refractivity contribution >= 4 is 18.4 Å². The maximum absolute atomic E-state index is 11.7. The topological polar surface area (TPSA) is 52.3 Å². The van der Waals surface area contributed by atoms with Gasteiger partial charge in [0.05, 0.1) is 12.2 Å². The Morgan fingerprint density at radius 2 is 2.21 bits per heavy atom. The number of carbonyl (C=O) groups is 1. The molecule has 0 saturated heterocycles. The first-order valence-electron chi connectivity index (χ1n) is 6.73. The average molecular weight is 284 g/mol. The first kappa shape index (κ1) is 16.0. The van der Waals surface area contributed by atoms with Gasteiger partial charge in [0.25, 0.3) is 0 Å². The molecule has 106 valence electrons. The molecule has 4 heteroatoms. The van der Waals surface area contributed by atoms with Crippen LogP contribution >= 0.6 is 12.4 Å². The molecule has 0 aromatic heterocycles. The molecule has 2 rings (SSSR count). The first-order chi connectivity index (χ1) is 8.70. The van der Waals surface area contributed by atoms with Crippen LogP contribution in [0.15, 0.2) is 24.3 Å². The van der Waals surface area contributed by atoms with E-state index in [2.05, 4.69) is 6.07 Å². The number of rotatable bonds is 3. The third kappa shape index (κ3) is 4.22.